The number of ether oxygens (including phenoxy) is 1. The van der Waals surface area contributed by atoms with Crippen molar-refractivity contribution in [3.05, 3.63) is 77.6 Å². The summed E-state index contributed by atoms with van der Waals surface area (Å²) < 4.78 is 7.73. The molecule has 1 N–H and O–H groups in total. The third kappa shape index (κ3) is 3.00. The van der Waals surface area contributed by atoms with E-state index < -0.39 is 0 Å². The zero-order valence-electron chi connectivity index (χ0n) is 15.2. The molecule has 4 aromatic rings. The van der Waals surface area contributed by atoms with Gasteiger partial charge in [-0.2, -0.15) is 5.10 Å². The topological polar surface area (TPSA) is 76.0 Å². The Balaban J connectivity index is 1.31. The molecule has 1 aliphatic rings. The molecule has 0 saturated carbocycles. The van der Waals surface area contributed by atoms with Gasteiger partial charge in [-0.05, 0) is 11.6 Å². The number of amides is 1. The van der Waals surface area contributed by atoms with Crippen LogP contribution in [0.2, 0.25) is 0 Å². The number of carbonyl (C=O) groups excluding carboxylic acids is 1. The lowest BCUT2D eigenvalue weighted by Gasteiger charge is -2.26. The summed E-state index contributed by atoms with van der Waals surface area (Å²) in [4.78, 5) is 14.8. The zero-order valence-corrected chi connectivity index (χ0v) is 15.2. The molecule has 2 aromatic carbocycles. The number of nitrogens with one attached hydrogen (secondary N) is 1. The maximum atomic E-state index is 13.0. The van der Waals surface area contributed by atoms with E-state index >= 15 is 0 Å². The summed E-state index contributed by atoms with van der Waals surface area (Å²) >= 11 is 0. The average Bonchev–Trinajstić information content (AvgIpc) is 3.35. The second-order valence-corrected chi connectivity index (χ2v) is 6.82. The molecule has 0 spiro atoms. The molecule has 0 aliphatic carbocycles. The second kappa shape index (κ2) is 6.84. The summed E-state index contributed by atoms with van der Waals surface area (Å²) in [5.41, 5.74) is 3.38. The number of hydrogen-bond acceptors (Lipinski definition) is 4. The van der Waals surface area contributed by atoms with E-state index in [0.717, 1.165) is 22.2 Å². The lowest BCUT2D eigenvalue weighted by atomic mass is 10.2. The highest BCUT2D eigenvalue weighted by molar-refractivity contribution is 6.04. The van der Waals surface area contributed by atoms with Crippen molar-refractivity contribution in [3.8, 4) is 5.88 Å². The van der Waals surface area contributed by atoms with Gasteiger partial charge in [-0.25, -0.2) is 0 Å². The Morgan fingerprint density at radius 2 is 1.89 bits per heavy atom. The molecule has 0 atom stereocenters. The molecule has 0 fully saturated rings. The van der Waals surface area contributed by atoms with Crippen LogP contribution in [0.1, 0.15) is 21.7 Å². The van der Waals surface area contributed by atoms with Crippen LogP contribution in [0, 0.1) is 0 Å². The fourth-order valence-corrected chi connectivity index (χ4v) is 3.49. The molecular formula is C21H19N5O2. The van der Waals surface area contributed by atoms with Gasteiger partial charge in [0.05, 0.1) is 24.3 Å². The van der Waals surface area contributed by atoms with Crippen molar-refractivity contribution in [2.24, 2.45) is 0 Å². The predicted octanol–water partition coefficient (Wildman–Crippen LogP) is 2.99. The SMILES string of the molecule is O=C(c1n[nH]c2ccccc12)N1CCn2nc(OCc3ccccc3)cc2C1. The first-order chi connectivity index (χ1) is 13.8. The van der Waals surface area contributed by atoms with Gasteiger partial charge in [0, 0.05) is 18.0 Å². The highest BCUT2D eigenvalue weighted by Crippen LogP contribution is 2.22. The van der Waals surface area contributed by atoms with Crippen LogP contribution in [0.4, 0.5) is 0 Å². The monoisotopic (exact) mass is 373 g/mol. The largest absolute Gasteiger partial charge is 0.472 e. The molecule has 28 heavy (non-hydrogen) atoms. The summed E-state index contributed by atoms with van der Waals surface area (Å²) in [6.07, 6.45) is 0. The van der Waals surface area contributed by atoms with Crippen LogP contribution in [0.15, 0.2) is 60.7 Å². The Labute approximate surface area is 161 Å². The van der Waals surface area contributed by atoms with E-state index in [0.29, 0.717) is 37.8 Å². The summed E-state index contributed by atoms with van der Waals surface area (Å²) in [5, 5.41) is 12.5. The van der Waals surface area contributed by atoms with E-state index in [1.165, 1.54) is 0 Å². The maximum absolute atomic E-state index is 13.0. The van der Waals surface area contributed by atoms with Crippen LogP contribution in [0.3, 0.4) is 0 Å². The predicted molar refractivity (Wildman–Crippen MR) is 104 cm³/mol. The fraction of sp³-hybridized carbons (Fsp3) is 0.190. The Hall–Kier alpha value is -3.61. The quantitative estimate of drug-likeness (QED) is 0.597. The van der Waals surface area contributed by atoms with Gasteiger partial charge < -0.3 is 9.64 Å². The smallest absolute Gasteiger partial charge is 0.275 e. The van der Waals surface area contributed by atoms with Crippen molar-refractivity contribution in [3.63, 3.8) is 0 Å². The van der Waals surface area contributed by atoms with Crippen molar-refractivity contribution in [1.29, 1.82) is 0 Å². The molecule has 2 aromatic heterocycles. The molecule has 1 amide bonds. The molecule has 0 unspecified atom stereocenters. The van der Waals surface area contributed by atoms with Crippen molar-refractivity contribution in [2.45, 2.75) is 19.7 Å². The number of para-hydroxylation sites is 1. The van der Waals surface area contributed by atoms with Crippen molar-refractivity contribution >= 4 is 16.8 Å². The summed E-state index contributed by atoms with van der Waals surface area (Å²) in [5.74, 6) is 0.509. The maximum Gasteiger partial charge on any atom is 0.275 e. The minimum Gasteiger partial charge on any atom is -0.472 e. The van der Waals surface area contributed by atoms with Crippen molar-refractivity contribution in [2.75, 3.05) is 6.54 Å². The number of fused-ring (bicyclic) bond motifs is 2. The summed E-state index contributed by atoms with van der Waals surface area (Å²) in [6, 6.07) is 19.6. The van der Waals surface area contributed by atoms with Gasteiger partial charge in [-0.1, -0.05) is 48.5 Å². The van der Waals surface area contributed by atoms with E-state index in [9.17, 15) is 4.79 Å². The average molecular weight is 373 g/mol. The molecular weight excluding hydrogens is 354 g/mol. The Kier molecular flexibility index (Phi) is 4.05. The van der Waals surface area contributed by atoms with Crippen LogP contribution in [-0.2, 0) is 19.7 Å². The highest BCUT2D eigenvalue weighted by atomic mass is 16.5. The third-order valence-electron chi connectivity index (χ3n) is 4.97. The fourth-order valence-electron chi connectivity index (χ4n) is 3.49. The Bertz CT molecular complexity index is 1130. The second-order valence-electron chi connectivity index (χ2n) is 6.82. The Morgan fingerprint density at radius 3 is 2.79 bits per heavy atom. The van der Waals surface area contributed by atoms with E-state index in [4.69, 9.17) is 4.74 Å². The molecule has 0 saturated heterocycles. The van der Waals surface area contributed by atoms with Gasteiger partial charge in [0.2, 0.25) is 5.88 Å². The van der Waals surface area contributed by atoms with Crippen LogP contribution in [-0.4, -0.2) is 37.3 Å². The standard InChI is InChI=1S/C21H19N5O2/c27-21(20-17-8-4-5-9-18(17)22-23-20)25-10-11-26-16(13-25)12-19(24-26)28-14-15-6-2-1-3-7-15/h1-9,12H,10-11,13-14H2,(H,22,23). The normalized spacial score (nSPS) is 13.5. The molecule has 7 heteroatoms. The Morgan fingerprint density at radius 1 is 1.07 bits per heavy atom. The molecule has 0 bridgehead atoms. The number of carbonyl (C=O) groups is 1. The summed E-state index contributed by atoms with van der Waals surface area (Å²) in [6.45, 7) is 2.19. The number of aromatic nitrogens is 4. The van der Waals surface area contributed by atoms with Crippen LogP contribution in [0.5, 0.6) is 5.88 Å². The van der Waals surface area contributed by atoms with E-state index in [1.807, 2.05) is 65.3 Å². The van der Waals surface area contributed by atoms with Crippen LogP contribution in [0.25, 0.3) is 10.9 Å². The minimum atomic E-state index is -0.0725. The van der Waals surface area contributed by atoms with Crippen LogP contribution >= 0.6 is 0 Å². The first-order valence-electron chi connectivity index (χ1n) is 9.24. The van der Waals surface area contributed by atoms with E-state index in [-0.39, 0.29) is 5.91 Å². The molecule has 5 rings (SSSR count). The molecule has 0 radical (unpaired) electrons. The van der Waals surface area contributed by atoms with E-state index in [1.54, 1.807) is 4.90 Å². The molecule has 140 valence electrons. The zero-order chi connectivity index (χ0) is 18.9. The number of benzene rings is 2. The van der Waals surface area contributed by atoms with Crippen molar-refractivity contribution in [1.82, 2.24) is 24.9 Å². The molecule has 7 nitrogen and oxygen atoms in total. The lowest BCUT2D eigenvalue weighted by molar-refractivity contribution is 0.0702. The number of nitrogens with zero attached hydrogens (tertiary/aromatic N) is 4. The van der Waals surface area contributed by atoms with Gasteiger partial charge >= 0.3 is 0 Å². The van der Waals surface area contributed by atoms with Gasteiger partial charge in [0.25, 0.3) is 5.91 Å². The number of aromatic amines is 1. The third-order valence-corrected chi connectivity index (χ3v) is 4.97. The first-order valence-corrected chi connectivity index (χ1v) is 9.24. The minimum absolute atomic E-state index is 0.0725. The van der Waals surface area contributed by atoms with Crippen molar-refractivity contribution < 1.29 is 9.53 Å². The summed E-state index contributed by atoms with van der Waals surface area (Å²) in [7, 11) is 0. The van der Waals surface area contributed by atoms with E-state index in [2.05, 4.69) is 15.3 Å². The molecule has 3 heterocycles. The molecule has 1 aliphatic heterocycles. The lowest BCUT2D eigenvalue weighted by Crippen LogP contribution is -2.38. The highest BCUT2D eigenvalue weighted by Gasteiger charge is 2.26. The number of H-pyrrole nitrogens is 1. The number of rotatable bonds is 4. The van der Waals surface area contributed by atoms with Gasteiger partial charge in [0.15, 0.2) is 5.69 Å². The first kappa shape index (κ1) is 16.6. The number of hydrogen-bond donors (Lipinski definition) is 1. The van der Waals surface area contributed by atoms with Gasteiger partial charge in [0.1, 0.15) is 6.61 Å². The van der Waals surface area contributed by atoms with Crippen LogP contribution < -0.4 is 4.74 Å². The van der Waals surface area contributed by atoms with Gasteiger partial charge in [-0.3, -0.25) is 14.6 Å². The van der Waals surface area contributed by atoms with Gasteiger partial charge in [-0.15, -0.1) is 5.10 Å².